The van der Waals surface area contributed by atoms with Crippen molar-refractivity contribution in [1.82, 2.24) is 10.1 Å². The van der Waals surface area contributed by atoms with Crippen molar-refractivity contribution < 1.29 is 9.26 Å². The van der Waals surface area contributed by atoms with Gasteiger partial charge >= 0.3 is 0 Å². The van der Waals surface area contributed by atoms with Gasteiger partial charge in [0.1, 0.15) is 5.75 Å². The molecule has 6 heteroatoms. The van der Waals surface area contributed by atoms with Crippen LogP contribution in [-0.2, 0) is 0 Å². The fraction of sp³-hybridized carbons (Fsp3) is 0.333. The Balaban J connectivity index is 2.39. The van der Waals surface area contributed by atoms with Crippen molar-refractivity contribution in [1.29, 1.82) is 0 Å². The van der Waals surface area contributed by atoms with Crippen LogP contribution < -0.4 is 4.74 Å². The molecule has 0 saturated heterocycles. The predicted octanol–water partition coefficient (Wildman–Crippen LogP) is 4.24. The number of aromatic nitrogens is 2. The Kier molecular flexibility index (Phi) is 4.24. The number of benzene rings is 1. The highest BCUT2D eigenvalue weighted by molar-refractivity contribution is 9.09. The quantitative estimate of drug-likeness (QED) is 0.786. The predicted molar refractivity (Wildman–Crippen MR) is 73.3 cm³/mol. The number of rotatable bonds is 4. The molecule has 0 aliphatic rings. The highest BCUT2D eigenvalue weighted by Gasteiger charge is 2.17. The summed E-state index contributed by atoms with van der Waals surface area (Å²) >= 11 is 9.38. The van der Waals surface area contributed by atoms with Crippen molar-refractivity contribution >= 4 is 27.5 Å². The fourth-order valence-electron chi connectivity index (χ4n) is 1.50. The van der Waals surface area contributed by atoms with Gasteiger partial charge in [-0.15, -0.1) is 0 Å². The average Bonchev–Trinajstić information content (AvgIpc) is 2.87. The molecule has 1 atom stereocenters. The van der Waals surface area contributed by atoms with E-state index in [1.54, 1.807) is 19.2 Å². The molecule has 1 aromatic carbocycles. The molecule has 0 amide bonds. The Bertz CT molecular complexity index is 545. The third-order valence-electron chi connectivity index (χ3n) is 2.47. The zero-order chi connectivity index (χ0) is 13.1. The minimum atomic E-state index is 0.0667. The first kappa shape index (κ1) is 13.4. The smallest absolute Gasteiger partial charge is 0.240 e. The van der Waals surface area contributed by atoms with E-state index in [1.165, 1.54) is 0 Å². The number of nitrogens with zero attached hydrogens (tertiary/aromatic N) is 2. The van der Waals surface area contributed by atoms with E-state index in [-0.39, 0.29) is 4.83 Å². The van der Waals surface area contributed by atoms with Crippen molar-refractivity contribution in [2.45, 2.75) is 18.2 Å². The molecule has 1 unspecified atom stereocenters. The number of halogens is 2. The van der Waals surface area contributed by atoms with Crippen molar-refractivity contribution in [3.63, 3.8) is 0 Å². The van der Waals surface area contributed by atoms with Crippen LogP contribution in [-0.4, -0.2) is 17.3 Å². The van der Waals surface area contributed by atoms with Gasteiger partial charge in [-0.2, -0.15) is 4.98 Å². The maximum atomic E-state index is 5.91. The first-order valence-corrected chi connectivity index (χ1v) is 6.76. The molecule has 96 valence electrons. The molecule has 0 aliphatic carbocycles. The van der Waals surface area contributed by atoms with Gasteiger partial charge in [-0.25, -0.2) is 0 Å². The SMILES string of the molecule is CCC(Br)c1nc(-c2ccc(Cl)cc2OC)no1. The van der Waals surface area contributed by atoms with Gasteiger partial charge in [0.2, 0.25) is 11.7 Å². The molecular weight excluding hydrogens is 320 g/mol. The summed E-state index contributed by atoms with van der Waals surface area (Å²) in [7, 11) is 1.58. The molecule has 1 heterocycles. The fourth-order valence-corrected chi connectivity index (χ4v) is 1.84. The van der Waals surface area contributed by atoms with Crippen molar-refractivity contribution in [3.8, 4) is 17.1 Å². The summed E-state index contributed by atoms with van der Waals surface area (Å²) in [6, 6.07) is 5.30. The highest BCUT2D eigenvalue weighted by Crippen LogP contribution is 2.32. The summed E-state index contributed by atoms with van der Waals surface area (Å²) in [6.07, 6.45) is 0.874. The van der Waals surface area contributed by atoms with Crippen LogP contribution in [0.5, 0.6) is 5.75 Å². The maximum absolute atomic E-state index is 5.91. The summed E-state index contributed by atoms with van der Waals surface area (Å²) in [5.74, 6) is 1.68. The molecule has 0 fully saturated rings. The molecule has 0 saturated carbocycles. The number of hydrogen-bond donors (Lipinski definition) is 0. The van der Waals surface area contributed by atoms with Crippen LogP contribution in [0.4, 0.5) is 0 Å². The lowest BCUT2D eigenvalue weighted by Gasteiger charge is -2.04. The third kappa shape index (κ3) is 2.67. The van der Waals surface area contributed by atoms with Crippen LogP contribution in [0.25, 0.3) is 11.4 Å². The summed E-state index contributed by atoms with van der Waals surface area (Å²) < 4.78 is 10.5. The second kappa shape index (κ2) is 5.71. The van der Waals surface area contributed by atoms with Crippen LogP contribution in [0.2, 0.25) is 5.02 Å². The van der Waals surface area contributed by atoms with E-state index >= 15 is 0 Å². The second-order valence-electron chi connectivity index (χ2n) is 3.68. The molecule has 2 aromatic rings. The Morgan fingerprint density at radius 3 is 2.94 bits per heavy atom. The second-order valence-corrected chi connectivity index (χ2v) is 5.22. The van der Waals surface area contributed by atoms with E-state index in [0.717, 1.165) is 12.0 Å². The topological polar surface area (TPSA) is 48.2 Å². The lowest BCUT2D eigenvalue weighted by atomic mass is 10.2. The van der Waals surface area contributed by atoms with E-state index in [4.69, 9.17) is 20.9 Å². The Morgan fingerprint density at radius 1 is 1.50 bits per heavy atom. The molecular formula is C12H12BrClN2O2. The van der Waals surface area contributed by atoms with E-state index in [9.17, 15) is 0 Å². The molecule has 0 aliphatic heterocycles. The zero-order valence-electron chi connectivity index (χ0n) is 9.98. The Hall–Kier alpha value is -1.07. The van der Waals surface area contributed by atoms with E-state index in [2.05, 4.69) is 26.1 Å². The largest absolute Gasteiger partial charge is 0.496 e. The van der Waals surface area contributed by atoms with Crippen molar-refractivity contribution in [2.75, 3.05) is 7.11 Å². The first-order chi connectivity index (χ1) is 8.65. The number of alkyl halides is 1. The lowest BCUT2D eigenvalue weighted by molar-refractivity contribution is 0.376. The molecule has 0 N–H and O–H groups in total. The van der Waals surface area contributed by atoms with Gasteiger partial charge in [-0.05, 0) is 24.6 Å². The van der Waals surface area contributed by atoms with E-state index < -0.39 is 0 Å². The number of ether oxygens (including phenoxy) is 1. The summed E-state index contributed by atoms with van der Waals surface area (Å²) in [5, 5.41) is 4.56. The van der Waals surface area contributed by atoms with Gasteiger partial charge in [-0.1, -0.05) is 39.6 Å². The summed E-state index contributed by atoms with van der Waals surface area (Å²) in [5.41, 5.74) is 0.757. The molecule has 0 radical (unpaired) electrons. The van der Waals surface area contributed by atoms with E-state index in [0.29, 0.717) is 22.5 Å². The standard InChI is InChI=1S/C12H12BrClN2O2/c1-3-9(13)12-15-11(16-18-12)8-5-4-7(14)6-10(8)17-2/h4-6,9H,3H2,1-2H3. The summed E-state index contributed by atoms with van der Waals surface area (Å²) in [4.78, 5) is 4.41. The number of methoxy groups -OCH3 is 1. The zero-order valence-corrected chi connectivity index (χ0v) is 12.3. The molecule has 0 bridgehead atoms. The van der Waals surface area contributed by atoms with Gasteiger partial charge in [-0.3, -0.25) is 0 Å². The van der Waals surface area contributed by atoms with Gasteiger partial charge in [0.15, 0.2) is 0 Å². The first-order valence-electron chi connectivity index (χ1n) is 5.47. The Morgan fingerprint density at radius 2 is 2.28 bits per heavy atom. The van der Waals surface area contributed by atoms with Crippen LogP contribution in [0, 0.1) is 0 Å². The molecule has 2 rings (SSSR count). The highest BCUT2D eigenvalue weighted by atomic mass is 79.9. The third-order valence-corrected chi connectivity index (χ3v) is 3.75. The van der Waals surface area contributed by atoms with Crippen LogP contribution >= 0.6 is 27.5 Å². The minimum absolute atomic E-state index is 0.0667. The molecule has 18 heavy (non-hydrogen) atoms. The van der Waals surface area contributed by atoms with Gasteiger partial charge in [0, 0.05) is 5.02 Å². The number of hydrogen-bond acceptors (Lipinski definition) is 4. The summed E-state index contributed by atoms with van der Waals surface area (Å²) in [6.45, 7) is 2.03. The average molecular weight is 332 g/mol. The van der Waals surface area contributed by atoms with Crippen LogP contribution in [0.3, 0.4) is 0 Å². The Labute approximate surface area is 118 Å². The van der Waals surface area contributed by atoms with Gasteiger partial charge in [0.05, 0.1) is 17.5 Å². The lowest BCUT2D eigenvalue weighted by Crippen LogP contribution is -1.91. The van der Waals surface area contributed by atoms with E-state index in [1.807, 2.05) is 13.0 Å². The van der Waals surface area contributed by atoms with Crippen LogP contribution in [0.1, 0.15) is 24.1 Å². The molecule has 4 nitrogen and oxygen atoms in total. The van der Waals surface area contributed by atoms with Crippen molar-refractivity contribution in [2.24, 2.45) is 0 Å². The van der Waals surface area contributed by atoms with Crippen molar-refractivity contribution in [3.05, 3.63) is 29.1 Å². The molecule has 1 aromatic heterocycles. The molecule has 0 spiro atoms. The van der Waals surface area contributed by atoms with Gasteiger partial charge < -0.3 is 9.26 Å². The minimum Gasteiger partial charge on any atom is -0.496 e. The van der Waals surface area contributed by atoms with Crippen LogP contribution in [0.15, 0.2) is 22.7 Å². The maximum Gasteiger partial charge on any atom is 0.240 e. The monoisotopic (exact) mass is 330 g/mol. The van der Waals surface area contributed by atoms with Gasteiger partial charge in [0.25, 0.3) is 0 Å². The normalized spacial score (nSPS) is 12.4.